The Kier molecular flexibility index (Phi) is 6.45. The third-order valence-electron chi connectivity index (χ3n) is 2.40. The maximum Gasteiger partial charge on any atom is 0.309 e. The Balaban J connectivity index is 2.60. The third kappa shape index (κ3) is 4.51. The predicted molar refractivity (Wildman–Crippen MR) is 73.8 cm³/mol. The average Bonchev–Trinajstić information content (AvgIpc) is 2.30. The SMILES string of the molecule is CCOC(=O)C(CCI)Cc1ccccc1. The van der Waals surface area contributed by atoms with Gasteiger partial charge in [-0.25, -0.2) is 0 Å². The van der Waals surface area contributed by atoms with Gasteiger partial charge >= 0.3 is 5.97 Å². The Morgan fingerprint density at radius 2 is 2.06 bits per heavy atom. The summed E-state index contributed by atoms with van der Waals surface area (Å²) < 4.78 is 6.07. The Morgan fingerprint density at radius 3 is 2.62 bits per heavy atom. The normalized spacial score (nSPS) is 12.1. The summed E-state index contributed by atoms with van der Waals surface area (Å²) in [6.45, 7) is 2.31. The van der Waals surface area contributed by atoms with E-state index in [9.17, 15) is 4.79 Å². The van der Waals surface area contributed by atoms with Crippen LogP contribution in [0.15, 0.2) is 30.3 Å². The molecule has 0 bridgehead atoms. The maximum absolute atomic E-state index is 11.7. The van der Waals surface area contributed by atoms with E-state index in [1.165, 1.54) is 5.56 Å². The van der Waals surface area contributed by atoms with Crippen LogP contribution in [0.25, 0.3) is 0 Å². The second-order valence-corrected chi connectivity index (χ2v) is 4.70. The summed E-state index contributed by atoms with van der Waals surface area (Å²) in [5, 5.41) is 0. The number of hydrogen-bond acceptors (Lipinski definition) is 2. The van der Waals surface area contributed by atoms with Crippen LogP contribution in [0.2, 0.25) is 0 Å². The zero-order valence-electron chi connectivity index (χ0n) is 9.49. The molecule has 3 heteroatoms. The molecule has 0 aliphatic rings. The molecule has 0 saturated carbocycles. The average molecular weight is 332 g/mol. The minimum absolute atomic E-state index is 0.000694. The number of alkyl halides is 1. The minimum atomic E-state index is -0.0666. The van der Waals surface area contributed by atoms with E-state index in [1.54, 1.807) is 0 Å². The molecule has 0 N–H and O–H groups in total. The highest BCUT2D eigenvalue weighted by atomic mass is 127. The molecule has 16 heavy (non-hydrogen) atoms. The first-order valence-electron chi connectivity index (χ1n) is 5.54. The van der Waals surface area contributed by atoms with Crippen molar-refractivity contribution in [2.75, 3.05) is 11.0 Å². The molecule has 0 aromatic heterocycles. The molecule has 0 amide bonds. The summed E-state index contributed by atoms with van der Waals surface area (Å²) in [5.41, 5.74) is 1.20. The lowest BCUT2D eigenvalue weighted by Gasteiger charge is -2.14. The topological polar surface area (TPSA) is 26.3 Å². The van der Waals surface area contributed by atoms with Crippen molar-refractivity contribution < 1.29 is 9.53 Å². The van der Waals surface area contributed by atoms with Crippen molar-refractivity contribution in [2.24, 2.45) is 5.92 Å². The van der Waals surface area contributed by atoms with Crippen molar-refractivity contribution in [2.45, 2.75) is 19.8 Å². The summed E-state index contributed by atoms with van der Waals surface area (Å²) in [7, 11) is 0. The van der Waals surface area contributed by atoms with Gasteiger partial charge in [-0.15, -0.1) is 0 Å². The largest absolute Gasteiger partial charge is 0.466 e. The monoisotopic (exact) mass is 332 g/mol. The van der Waals surface area contributed by atoms with E-state index in [0.717, 1.165) is 17.3 Å². The molecule has 0 aliphatic carbocycles. The van der Waals surface area contributed by atoms with Gasteiger partial charge < -0.3 is 4.74 Å². The van der Waals surface area contributed by atoms with Crippen LogP contribution in [-0.2, 0) is 16.0 Å². The molecule has 1 aromatic carbocycles. The molecular weight excluding hydrogens is 315 g/mol. The van der Waals surface area contributed by atoms with Crippen LogP contribution in [0.1, 0.15) is 18.9 Å². The van der Waals surface area contributed by atoms with Crippen molar-refractivity contribution in [3.8, 4) is 0 Å². The highest BCUT2D eigenvalue weighted by molar-refractivity contribution is 14.1. The van der Waals surface area contributed by atoms with Gasteiger partial charge in [-0.3, -0.25) is 4.79 Å². The van der Waals surface area contributed by atoms with E-state index in [2.05, 4.69) is 34.7 Å². The summed E-state index contributed by atoms with van der Waals surface area (Å²) in [6.07, 6.45) is 1.66. The first-order valence-corrected chi connectivity index (χ1v) is 7.07. The van der Waals surface area contributed by atoms with Gasteiger partial charge in [-0.05, 0) is 25.3 Å². The van der Waals surface area contributed by atoms with E-state index < -0.39 is 0 Å². The molecule has 1 rings (SSSR count). The number of carbonyl (C=O) groups is 1. The van der Waals surface area contributed by atoms with Gasteiger partial charge in [0.05, 0.1) is 12.5 Å². The number of ether oxygens (including phenoxy) is 1. The zero-order valence-corrected chi connectivity index (χ0v) is 11.6. The fourth-order valence-corrected chi connectivity index (χ4v) is 2.35. The molecule has 88 valence electrons. The first kappa shape index (κ1) is 13.5. The van der Waals surface area contributed by atoms with Crippen molar-refractivity contribution in [3.05, 3.63) is 35.9 Å². The number of hydrogen-bond donors (Lipinski definition) is 0. The van der Waals surface area contributed by atoms with E-state index in [0.29, 0.717) is 6.61 Å². The second-order valence-electron chi connectivity index (χ2n) is 3.62. The molecule has 0 saturated heterocycles. The molecule has 0 aliphatic heterocycles. The van der Waals surface area contributed by atoms with E-state index >= 15 is 0 Å². The number of esters is 1. The Bertz CT molecular complexity index is 311. The Morgan fingerprint density at radius 1 is 1.38 bits per heavy atom. The molecular formula is C13H17IO2. The van der Waals surface area contributed by atoms with Gasteiger partial charge in [-0.2, -0.15) is 0 Å². The number of carbonyl (C=O) groups excluding carboxylic acids is 1. The molecule has 2 nitrogen and oxygen atoms in total. The smallest absolute Gasteiger partial charge is 0.309 e. The van der Waals surface area contributed by atoms with Crippen LogP contribution in [-0.4, -0.2) is 17.0 Å². The van der Waals surface area contributed by atoms with E-state index in [1.807, 2.05) is 25.1 Å². The van der Waals surface area contributed by atoms with Crippen molar-refractivity contribution in [3.63, 3.8) is 0 Å². The lowest BCUT2D eigenvalue weighted by Crippen LogP contribution is -2.20. The van der Waals surface area contributed by atoms with Crippen LogP contribution in [0.3, 0.4) is 0 Å². The molecule has 0 heterocycles. The van der Waals surface area contributed by atoms with E-state index in [4.69, 9.17) is 4.74 Å². The van der Waals surface area contributed by atoms with Gasteiger partial charge in [0.15, 0.2) is 0 Å². The Hall–Kier alpha value is -0.580. The summed E-state index contributed by atoms with van der Waals surface area (Å²) >= 11 is 2.30. The lowest BCUT2D eigenvalue weighted by atomic mass is 9.97. The predicted octanol–water partition coefficient (Wildman–Crippen LogP) is 3.23. The van der Waals surface area contributed by atoms with Crippen molar-refractivity contribution in [1.29, 1.82) is 0 Å². The third-order valence-corrected chi connectivity index (χ3v) is 3.03. The van der Waals surface area contributed by atoms with Gasteiger partial charge in [-0.1, -0.05) is 52.9 Å². The number of halogens is 1. The van der Waals surface area contributed by atoms with E-state index in [-0.39, 0.29) is 11.9 Å². The highest BCUT2D eigenvalue weighted by Crippen LogP contribution is 2.15. The molecule has 1 aromatic rings. The van der Waals surface area contributed by atoms with Gasteiger partial charge in [0.1, 0.15) is 0 Å². The zero-order chi connectivity index (χ0) is 11.8. The summed E-state index contributed by atoms with van der Waals surface area (Å²) in [6, 6.07) is 10.1. The lowest BCUT2D eigenvalue weighted by molar-refractivity contribution is -0.148. The molecule has 0 radical (unpaired) electrons. The highest BCUT2D eigenvalue weighted by Gasteiger charge is 2.19. The minimum Gasteiger partial charge on any atom is -0.466 e. The molecule has 0 spiro atoms. The standard InChI is InChI=1S/C13H17IO2/c1-2-16-13(15)12(8-9-14)10-11-6-4-3-5-7-11/h3-7,12H,2,8-10H2,1H3. The quantitative estimate of drug-likeness (QED) is 0.454. The molecule has 1 unspecified atom stereocenters. The van der Waals surface area contributed by atoms with Crippen molar-refractivity contribution >= 4 is 28.6 Å². The van der Waals surface area contributed by atoms with Crippen LogP contribution in [0.4, 0.5) is 0 Å². The van der Waals surface area contributed by atoms with Crippen LogP contribution in [0, 0.1) is 5.92 Å². The van der Waals surface area contributed by atoms with Gasteiger partial charge in [0.25, 0.3) is 0 Å². The first-order chi connectivity index (χ1) is 7.77. The van der Waals surface area contributed by atoms with Gasteiger partial charge in [0.2, 0.25) is 0 Å². The second kappa shape index (κ2) is 7.65. The van der Waals surface area contributed by atoms with Crippen LogP contribution < -0.4 is 0 Å². The fourth-order valence-electron chi connectivity index (χ4n) is 1.59. The van der Waals surface area contributed by atoms with Crippen molar-refractivity contribution in [1.82, 2.24) is 0 Å². The summed E-state index contributed by atoms with van der Waals surface area (Å²) in [5.74, 6) is -0.0673. The molecule has 1 atom stereocenters. The summed E-state index contributed by atoms with van der Waals surface area (Å²) in [4.78, 5) is 11.7. The van der Waals surface area contributed by atoms with Crippen LogP contribution >= 0.6 is 22.6 Å². The number of benzene rings is 1. The number of rotatable bonds is 6. The molecule has 0 fully saturated rings. The van der Waals surface area contributed by atoms with Gasteiger partial charge in [0, 0.05) is 4.43 Å². The Labute approximate surface area is 111 Å². The van der Waals surface area contributed by atoms with Crippen LogP contribution in [0.5, 0.6) is 0 Å². The maximum atomic E-state index is 11.7. The fraction of sp³-hybridized carbons (Fsp3) is 0.462.